The van der Waals surface area contributed by atoms with Crippen LogP contribution >= 0.6 is 11.6 Å². The Balaban J connectivity index is 1.86. The van der Waals surface area contributed by atoms with Crippen LogP contribution in [0.2, 0.25) is 5.02 Å². The van der Waals surface area contributed by atoms with Crippen LogP contribution in [0.3, 0.4) is 0 Å². The highest BCUT2D eigenvalue weighted by Crippen LogP contribution is 2.20. The molecule has 0 saturated carbocycles. The van der Waals surface area contributed by atoms with E-state index in [9.17, 15) is 14.0 Å². The van der Waals surface area contributed by atoms with Crippen LogP contribution in [0.25, 0.3) is 0 Å². The maximum absolute atomic E-state index is 13.2. The van der Waals surface area contributed by atoms with E-state index in [0.717, 1.165) is 6.07 Å². The quantitative estimate of drug-likeness (QED) is 0.854. The predicted octanol–water partition coefficient (Wildman–Crippen LogP) is 2.05. The van der Waals surface area contributed by atoms with Crippen LogP contribution in [0.1, 0.15) is 12.8 Å². The van der Waals surface area contributed by atoms with E-state index in [1.165, 1.54) is 12.1 Å². The van der Waals surface area contributed by atoms with Crippen LogP contribution in [-0.2, 0) is 9.59 Å². The van der Waals surface area contributed by atoms with Gasteiger partial charge in [0.15, 0.2) is 6.61 Å². The summed E-state index contributed by atoms with van der Waals surface area (Å²) in [4.78, 5) is 24.4. The number of hydrogen-bond donors (Lipinski definition) is 0. The van der Waals surface area contributed by atoms with Crippen molar-refractivity contribution in [2.24, 2.45) is 0 Å². The summed E-state index contributed by atoms with van der Waals surface area (Å²) >= 11 is 5.54. The fourth-order valence-corrected chi connectivity index (χ4v) is 1.93. The Kier molecular flexibility index (Phi) is 4.37. The van der Waals surface area contributed by atoms with Gasteiger partial charge in [0.25, 0.3) is 5.91 Å². The summed E-state index contributed by atoms with van der Waals surface area (Å²) in [6.07, 6.45) is 0.780. The average Bonchev–Trinajstić information content (AvgIpc) is 2.40. The average molecular weight is 286 g/mol. The van der Waals surface area contributed by atoms with Gasteiger partial charge < -0.3 is 9.64 Å². The first-order valence-electron chi connectivity index (χ1n) is 5.93. The molecule has 1 saturated heterocycles. The van der Waals surface area contributed by atoms with E-state index in [1.54, 1.807) is 4.90 Å². The summed E-state index contributed by atoms with van der Waals surface area (Å²) < 4.78 is 18.4. The van der Waals surface area contributed by atoms with Gasteiger partial charge >= 0.3 is 0 Å². The fourth-order valence-electron chi connectivity index (χ4n) is 1.81. The van der Waals surface area contributed by atoms with Crippen molar-refractivity contribution in [1.82, 2.24) is 4.90 Å². The lowest BCUT2D eigenvalue weighted by atomic mass is 10.1. The summed E-state index contributed by atoms with van der Waals surface area (Å²) in [5.74, 6) is -0.369. The van der Waals surface area contributed by atoms with Crippen molar-refractivity contribution in [2.75, 3.05) is 19.7 Å². The third-order valence-corrected chi connectivity index (χ3v) is 3.23. The van der Waals surface area contributed by atoms with Gasteiger partial charge in [0.05, 0.1) is 5.02 Å². The van der Waals surface area contributed by atoms with E-state index < -0.39 is 5.82 Å². The van der Waals surface area contributed by atoms with Gasteiger partial charge in [-0.15, -0.1) is 0 Å². The molecule has 2 rings (SSSR count). The van der Waals surface area contributed by atoms with Gasteiger partial charge in [0.1, 0.15) is 17.3 Å². The zero-order valence-corrected chi connectivity index (χ0v) is 11.0. The van der Waals surface area contributed by atoms with Crippen molar-refractivity contribution in [3.05, 3.63) is 29.0 Å². The van der Waals surface area contributed by atoms with Crippen molar-refractivity contribution in [3.8, 4) is 5.75 Å². The molecule has 0 bridgehead atoms. The molecule has 0 radical (unpaired) electrons. The van der Waals surface area contributed by atoms with Crippen LogP contribution < -0.4 is 4.74 Å². The van der Waals surface area contributed by atoms with E-state index >= 15 is 0 Å². The van der Waals surface area contributed by atoms with Crippen LogP contribution in [-0.4, -0.2) is 36.3 Å². The normalized spacial score (nSPS) is 15.5. The Bertz CT molecular complexity index is 497. The second kappa shape index (κ2) is 6.02. The maximum atomic E-state index is 13.2. The summed E-state index contributed by atoms with van der Waals surface area (Å²) in [6.45, 7) is 0.682. The molecule has 0 aliphatic carbocycles. The third-order valence-electron chi connectivity index (χ3n) is 2.93. The van der Waals surface area contributed by atoms with E-state index in [2.05, 4.69) is 0 Å². The van der Waals surface area contributed by atoms with Gasteiger partial charge in [0.2, 0.25) is 0 Å². The lowest BCUT2D eigenvalue weighted by molar-refractivity contribution is -0.136. The lowest BCUT2D eigenvalue weighted by Crippen LogP contribution is -2.41. The highest BCUT2D eigenvalue weighted by Gasteiger charge is 2.20. The summed E-state index contributed by atoms with van der Waals surface area (Å²) in [7, 11) is 0. The van der Waals surface area contributed by atoms with Crippen LogP contribution in [0.5, 0.6) is 5.75 Å². The van der Waals surface area contributed by atoms with Crippen molar-refractivity contribution >= 4 is 23.3 Å². The minimum absolute atomic E-state index is 0.00761. The zero-order chi connectivity index (χ0) is 13.8. The van der Waals surface area contributed by atoms with E-state index in [1.807, 2.05) is 0 Å². The molecule has 6 heteroatoms. The van der Waals surface area contributed by atoms with Gasteiger partial charge in [-0.1, -0.05) is 11.6 Å². The first-order chi connectivity index (χ1) is 9.06. The lowest BCUT2D eigenvalue weighted by Gasteiger charge is -2.25. The molecule has 1 fully saturated rings. The standard InChI is InChI=1S/C13H13ClFNO3/c14-11-2-1-10(7-12(11)15)19-8-13(18)16-5-3-9(17)4-6-16/h1-2,7H,3-6,8H2. The van der Waals surface area contributed by atoms with Gasteiger partial charge in [-0.3, -0.25) is 9.59 Å². The number of ketones is 1. The summed E-state index contributed by atoms with van der Waals surface area (Å²) in [5, 5.41) is 0.00761. The monoisotopic (exact) mass is 285 g/mol. The minimum Gasteiger partial charge on any atom is -0.484 e. The molecule has 19 heavy (non-hydrogen) atoms. The van der Waals surface area contributed by atoms with Gasteiger partial charge in [-0.05, 0) is 12.1 Å². The molecule has 1 aromatic carbocycles. The molecule has 4 nitrogen and oxygen atoms in total. The summed E-state index contributed by atoms with van der Waals surface area (Å²) in [5.41, 5.74) is 0. The molecular formula is C13H13ClFNO3. The minimum atomic E-state index is -0.588. The largest absolute Gasteiger partial charge is 0.484 e. The molecule has 1 aliphatic rings. The van der Waals surface area contributed by atoms with Crippen molar-refractivity contribution in [1.29, 1.82) is 0 Å². The molecule has 0 unspecified atom stereocenters. The zero-order valence-electron chi connectivity index (χ0n) is 10.2. The van der Waals surface area contributed by atoms with E-state index in [-0.39, 0.29) is 29.1 Å². The molecule has 1 aromatic rings. The maximum Gasteiger partial charge on any atom is 0.260 e. The Morgan fingerprint density at radius 3 is 2.68 bits per heavy atom. The first-order valence-corrected chi connectivity index (χ1v) is 6.31. The van der Waals surface area contributed by atoms with Crippen molar-refractivity contribution in [3.63, 3.8) is 0 Å². The molecule has 1 aliphatic heterocycles. The molecule has 0 atom stereocenters. The molecule has 0 aromatic heterocycles. The highest BCUT2D eigenvalue weighted by atomic mass is 35.5. The summed E-state index contributed by atoms with van der Waals surface area (Å²) in [6, 6.07) is 4.00. The number of benzene rings is 1. The molecule has 1 heterocycles. The van der Waals surface area contributed by atoms with Crippen LogP contribution in [0, 0.1) is 5.82 Å². The van der Waals surface area contributed by atoms with Crippen molar-refractivity contribution < 1.29 is 18.7 Å². The topological polar surface area (TPSA) is 46.6 Å². The number of carbonyl (C=O) groups is 2. The number of amides is 1. The van der Waals surface area contributed by atoms with Crippen LogP contribution in [0.15, 0.2) is 18.2 Å². The van der Waals surface area contributed by atoms with Gasteiger partial charge in [-0.25, -0.2) is 4.39 Å². The highest BCUT2D eigenvalue weighted by molar-refractivity contribution is 6.30. The Morgan fingerprint density at radius 2 is 2.05 bits per heavy atom. The van der Waals surface area contributed by atoms with E-state index in [4.69, 9.17) is 16.3 Å². The Labute approximate surface area is 115 Å². The van der Waals surface area contributed by atoms with Gasteiger partial charge in [-0.2, -0.15) is 0 Å². The Hall–Kier alpha value is -1.62. The molecule has 1 amide bonds. The van der Waals surface area contributed by atoms with E-state index in [0.29, 0.717) is 25.9 Å². The van der Waals surface area contributed by atoms with Crippen LogP contribution in [0.4, 0.5) is 4.39 Å². The number of piperidine rings is 1. The number of ether oxygens (including phenoxy) is 1. The number of halogens is 2. The number of nitrogens with zero attached hydrogens (tertiary/aromatic N) is 1. The number of carbonyl (C=O) groups excluding carboxylic acids is 2. The third kappa shape index (κ3) is 3.67. The van der Waals surface area contributed by atoms with Gasteiger partial charge in [0, 0.05) is 32.0 Å². The Morgan fingerprint density at radius 1 is 1.37 bits per heavy atom. The number of hydrogen-bond acceptors (Lipinski definition) is 3. The number of rotatable bonds is 3. The fraction of sp³-hybridized carbons (Fsp3) is 0.385. The SMILES string of the molecule is O=C1CCN(C(=O)COc2ccc(Cl)c(F)c2)CC1. The smallest absolute Gasteiger partial charge is 0.260 e. The second-order valence-electron chi connectivity index (χ2n) is 4.28. The predicted molar refractivity (Wildman–Crippen MR) is 67.7 cm³/mol. The number of likely N-dealkylation sites (tertiary alicyclic amines) is 1. The molecular weight excluding hydrogens is 273 g/mol. The molecule has 0 N–H and O–H groups in total. The second-order valence-corrected chi connectivity index (χ2v) is 4.69. The molecule has 0 spiro atoms. The van der Waals surface area contributed by atoms with Crippen molar-refractivity contribution in [2.45, 2.75) is 12.8 Å². The molecule has 102 valence electrons. The first kappa shape index (κ1) is 13.8. The number of Topliss-reactive ketones (excluding diaryl/α,β-unsaturated/α-hetero) is 1.